The molecule has 0 radical (unpaired) electrons. The second-order valence-corrected chi connectivity index (χ2v) is 9.72. The summed E-state index contributed by atoms with van der Waals surface area (Å²) < 4.78 is 26.7. The molecule has 174 valence electrons. The van der Waals surface area contributed by atoms with Crippen LogP contribution in [-0.4, -0.2) is 31.7 Å². The molecule has 0 fully saturated rings. The van der Waals surface area contributed by atoms with Crippen LogP contribution in [0.3, 0.4) is 0 Å². The van der Waals surface area contributed by atoms with E-state index < -0.39 is 10.0 Å². The van der Waals surface area contributed by atoms with Gasteiger partial charge in [0.25, 0.3) is 5.91 Å². The SMILES string of the molecule is CCN(CC)S(=O)(=O)c1ccc(C(C)NCc2ccc(C(=O)Nc3ccccc3)cc2)cc1. The minimum absolute atomic E-state index is 0.0382. The van der Waals surface area contributed by atoms with Gasteiger partial charge in [0.2, 0.25) is 10.0 Å². The number of carbonyl (C=O) groups is 1. The van der Waals surface area contributed by atoms with Crippen LogP contribution in [0.4, 0.5) is 5.69 Å². The van der Waals surface area contributed by atoms with Crippen molar-refractivity contribution in [3.05, 3.63) is 95.6 Å². The van der Waals surface area contributed by atoms with Gasteiger partial charge in [0, 0.05) is 36.9 Å². The number of amides is 1. The predicted octanol–water partition coefficient (Wildman–Crippen LogP) is 4.82. The molecular formula is C26H31N3O3S. The molecule has 7 heteroatoms. The Morgan fingerprint density at radius 2 is 1.48 bits per heavy atom. The Kier molecular flexibility index (Phi) is 8.38. The van der Waals surface area contributed by atoms with Crippen molar-refractivity contribution < 1.29 is 13.2 Å². The highest BCUT2D eigenvalue weighted by Gasteiger charge is 2.21. The maximum atomic E-state index is 12.6. The minimum Gasteiger partial charge on any atom is -0.322 e. The van der Waals surface area contributed by atoms with Crippen molar-refractivity contribution in [2.75, 3.05) is 18.4 Å². The zero-order valence-corrected chi connectivity index (χ0v) is 20.1. The quantitative estimate of drug-likeness (QED) is 0.450. The molecule has 0 bridgehead atoms. The van der Waals surface area contributed by atoms with E-state index in [0.29, 0.717) is 30.1 Å². The van der Waals surface area contributed by atoms with Gasteiger partial charge in [-0.1, -0.05) is 56.3 Å². The highest BCUT2D eigenvalue weighted by Crippen LogP contribution is 2.20. The Balaban J connectivity index is 1.57. The summed E-state index contributed by atoms with van der Waals surface area (Å²) in [4.78, 5) is 12.7. The predicted molar refractivity (Wildman–Crippen MR) is 133 cm³/mol. The van der Waals surface area contributed by atoms with E-state index >= 15 is 0 Å². The van der Waals surface area contributed by atoms with Gasteiger partial charge in [0.1, 0.15) is 0 Å². The smallest absolute Gasteiger partial charge is 0.255 e. The molecule has 0 aliphatic rings. The van der Waals surface area contributed by atoms with Crippen molar-refractivity contribution in [2.45, 2.75) is 38.3 Å². The maximum absolute atomic E-state index is 12.6. The van der Waals surface area contributed by atoms with E-state index in [2.05, 4.69) is 10.6 Å². The van der Waals surface area contributed by atoms with Crippen molar-refractivity contribution in [1.29, 1.82) is 0 Å². The first kappa shape index (κ1) is 24.6. The van der Waals surface area contributed by atoms with Gasteiger partial charge in [-0.15, -0.1) is 0 Å². The second-order valence-electron chi connectivity index (χ2n) is 7.78. The van der Waals surface area contributed by atoms with Crippen molar-refractivity contribution in [1.82, 2.24) is 9.62 Å². The molecule has 3 aromatic carbocycles. The lowest BCUT2D eigenvalue weighted by Crippen LogP contribution is -2.30. The molecule has 1 unspecified atom stereocenters. The molecule has 3 rings (SSSR count). The monoisotopic (exact) mass is 465 g/mol. The van der Waals surface area contributed by atoms with Crippen LogP contribution in [0.25, 0.3) is 0 Å². The van der Waals surface area contributed by atoms with Crippen LogP contribution in [0.5, 0.6) is 0 Å². The van der Waals surface area contributed by atoms with Gasteiger partial charge >= 0.3 is 0 Å². The Morgan fingerprint density at radius 3 is 2.06 bits per heavy atom. The third kappa shape index (κ3) is 6.28. The molecule has 0 aromatic heterocycles. The van der Waals surface area contributed by atoms with E-state index in [4.69, 9.17) is 0 Å². The Morgan fingerprint density at radius 1 is 0.879 bits per heavy atom. The fourth-order valence-electron chi connectivity index (χ4n) is 3.53. The number of para-hydroxylation sites is 1. The zero-order chi connectivity index (χ0) is 23.8. The van der Waals surface area contributed by atoms with Gasteiger partial charge in [-0.25, -0.2) is 8.42 Å². The number of carbonyl (C=O) groups excluding carboxylic acids is 1. The number of hydrogen-bond acceptors (Lipinski definition) is 4. The summed E-state index contributed by atoms with van der Waals surface area (Å²) >= 11 is 0. The van der Waals surface area contributed by atoms with Crippen molar-refractivity contribution in [3.8, 4) is 0 Å². The molecule has 0 spiro atoms. The third-order valence-electron chi connectivity index (χ3n) is 5.58. The summed E-state index contributed by atoms with van der Waals surface area (Å²) in [5.74, 6) is -0.145. The summed E-state index contributed by atoms with van der Waals surface area (Å²) in [7, 11) is -3.45. The number of anilines is 1. The molecule has 3 aromatic rings. The van der Waals surface area contributed by atoms with E-state index in [9.17, 15) is 13.2 Å². The summed E-state index contributed by atoms with van der Waals surface area (Å²) in [6.45, 7) is 7.24. The summed E-state index contributed by atoms with van der Waals surface area (Å²) in [6.07, 6.45) is 0. The average molecular weight is 466 g/mol. The normalized spacial score (nSPS) is 12.5. The largest absolute Gasteiger partial charge is 0.322 e. The van der Waals surface area contributed by atoms with Crippen LogP contribution in [0.15, 0.2) is 83.8 Å². The van der Waals surface area contributed by atoms with Crippen LogP contribution in [-0.2, 0) is 16.6 Å². The lowest BCUT2D eigenvalue weighted by molar-refractivity contribution is 0.102. The van der Waals surface area contributed by atoms with Crippen LogP contribution >= 0.6 is 0 Å². The van der Waals surface area contributed by atoms with Gasteiger partial charge < -0.3 is 10.6 Å². The van der Waals surface area contributed by atoms with Crippen LogP contribution in [0, 0.1) is 0 Å². The lowest BCUT2D eigenvalue weighted by atomic mass is 10.1. The van der Waals surface area contributed by atoms with Gasteiger partial charge in [-0.3, -0.25) is 4.79 Å². The molecule has 0 saturated heterocycles. The number of sulfonamides is 1. The highest BCUT2D eigenvalue weighted by atomic mass is 32.2. The van der Waals surface area contributed by atoms with Crippen LogP contribution < -0.4 is 10.6 Å². The molecule has 0 saturated carbocycles. The molecule has 1 amide bonds. The van der Waals surface area contributed by atoms with Crippen molar-refractivity contribution in [2.24, 2.45) is 0 Å². The van der Waals surface area contributed by atoms with Crippen LogP contribution in [0.1, 0.15) is 48.3 Å². The molecule has 33 heavy (non-hydrogen) atoms. The van der Waals surface area contributed by atoms with E-state index in [1.54, 1.807) is 12.1 Å². The summed E-state index contributed by atoms with van der Waals surface area (Å²) in [5.41, 5.74) is 3.42. The second kappa shape index (κ2) is 11.2. The third-order valence-corrected chi connectivity index (χ3v) is 7.65. The maximum Gasteiger partial charge on any atom is 0.255 e. The number of benzene rings is 3. The minimum atomic E-state index is -3.45. The lowest BCUT2D eigenvalue weighted by Gasteiger charge is -2.19. The van der Waals surface area contributed by atoms with Crippen LogP contribution in [0.2, 0.25) is 0 Å². The summed E-state index contributed by atoms with van der Waals surface area (Å²) in [6, 6.07) is 23.9. The average Bonchev–Trinajstić information content (AvgIpc) is 2.84. The number of rotatable bonds is 10. The van der Waals surface area contributed by atoms with Gasteiger partial charge in [0.15, 0.2) is 0 Å². The first-order valence-electron chi connectivity index (χ1n) is 11.1. The molecular weight excluding hydrogens is 434 g/mol. The highest BCUT2D eigenvalue weighted by molar-refractivity contribution is 7.89. The number of nitrogens with one attached hydrogen (secondary N) is 2. The van der Waals surface area contributed by atoms with Crippen molar-refractivity contribution >= 4 is 21.6 Å². The number of hydrogen-bond donors (Lipinski definition) is 2. The standard InChI is InChI=1S/C26H31N3O3S/c1-4-29(5-2)33(31,32)25-17-15-22(16-18-25)20(3)27-19-21-11-13-23(14-12-21)26(30)28-24-9-7-6-8-10-24/h6-18,20,27H,4-5,19H2,1-3H3,(H,28,30). The number of nitrogens with zero attached hydrogens (tertiary/aromatic N) is 1. The van der Waals surface area contributed by atoms with Crippen molar-refractivity contribution in [3.63, 3.8) is 0 Å². The van der Waals surface area contributed by atoms with E-state index in [1.807, 2.05) is 87.5 Å². The first-order chi connectivity index (χ1) is 15.8. The first-order valence-corrected chi connectivity index (χ1v) is 12.6. The fraction of sp³-hybridized carbons (Fsp3) is 0.269. The molecule has 0 aliphatic carbocycles. The molecule has 6 nitrogen and oxygen atoms in total. The molecule has 2 N–H and O–H groups in total. The summed E-state index contributed by atoms with van der Waals surface area (Å²) in [5, 5.41) is 6.32. The fourth-order valence-corrected chi connectivity index (χ4v) is 4.99. The zero-order valence-electron chi connectivity index (χ0n) is 19.3. The van der Waals surface area contributed by atoms with E-state index in [1.165, 1.54) is 4.31 Å². The molecule has 1 atom stereocenters. The van der Waals surface area contributed by atoms with Gasteiger partial charge in [-0.05, 0) is 54.4 Å². The Labute approximate surface area is 196 Å². The Bertz CT molecular complexity index is 1140. The molecule has 0 aliphatic heterocycles. The van der Waals surface area contributed by atoms with E-state index in [-0.39, 0.29) is 11.9 Å². The Hall–Kier alpha value is -3.00. The van der Waals surface area contributed by atoms with Gasteiger partial charge in [-0.2, -0.15) is 4.31 Å². The van der Waals surface area contributed by atoms with Gasteiger partial charge in [0.05, 0.1) is 4.90 Å². The topological polar surface area (TPSA) is 78.5 Å². The molecule has 0 heterocycles. The van der Waals surface area contributed by atoms with E-state index in [0.717, 1.165) is 16.8 Å².